The average molecular weight is 230 g/mol. The number of nitrogens with one attached hydrogen (secondary N) is 1. The molecule has 1 nitrogen and oxygen atoms in total. The van der Waals surface area contributed by atoms with Crippen molar-refractivity contribution in [3.8, 4) is 0 Å². The van der Waals surface area contributed by atoms with Gasteiger partial charge in [0, 0.05) is 11.6 Å². The first-order chi connectivity index (χ1) is 7.20. The first-order valence-corrected chi connectivity index (χ1v) is 5.69. The minimum Gasteiger partial charge on any atom is -0.313 e. The van der Waals surface area contributed by atoms with Gasteiger partial charge in [-0.3, -0.25) is 0 Å². The van der Waals surface area contributed by atoms with E-state index in [-0.39, 0.29) is 16.9 Å². The molecular formula is C12H17ClFN. The summed E-state index contributed by atoms with van der Waals surface area (Å²) in [7, 11) is 1.85. The molecule has 1 aromatic rings. The Labute approximate surface area is 95.6 Å². The lowest BCUT2D eigenvalue weighted by molar-refractivity contribution is 0.492. The molecule has 0 fully saturated rings. The highest BCUT2D eigenvalue weighted by molar-refractivity contribution is 6.30. The van der Waals surface area contributed by atoms with Crippen LogP contribution in [-0.4, -0.2) is 7.05 Å². The highest BCUT2D eigenvalue weighted by atomic mass is 35.5. The molecule has 0 radical (unpaired) electrons. The summed E-state index contributed by atoms with van der Waals surface area (Å²) in [5.74, 6) is -0.297. The van der Waals surface area contributed by atoms with E-state index < -0.39 is 0 Å². The molecular weight excluding hydrogens is 213 g/mol. The van der Waals surface area contributed by atoms with Gasteiger partial charge in [0.05, 0.1) is 5.02 Å². The minimum atomic E-state index is -0.297. The molecule has 0 spiro atoms. The number of hydrogen-bond acceptors (Lipinski definition) is 1. The summed E-state index contributed by atoms with van der Waals surface area (Å²) >= 11 is 5.75. The Balaban J connectivity index is 2.86. The third-order valence-electron chi connectivity index (χ3n) is 2.55. The molecule has 0 aliphatic heterocycles. The van der Waals surface area contributed by atoms with Crippen LogP contribution in [0.15, 0.2) is 18.2 Å². The lowest BCUT2D eigenvalue weighted by Gasteiger charge is -2.17. The summed E-state index contributed by atoms with van der Waals surface area (Å²) in [6, 6.07) is 5.21. The Hall–Kier alpha value is -0.600. The maximum atomic E-state index is 13.7. The SMILES string of the molecule is CCCCC(NC)c1cccc(Cl)c1F. The van der Waals surface area contributed by atoms with Gasteiger partial charge in [0.2, 0.25) is 0 Å². The van der Waals surface area contributed by atoms with Crippen LogP contribution in [0.2, 0.25) is 5.02 Å². The van der Waals surface area contributed by atoms with E-state index in [1.165, 1.54) is 0 Å². The second-order valence-electron chi connectivity index (χ2n) is 3.63. The monoisotopic (exact) mass is 229 g/mol. The van der Waals surface area contributed by atoms with E-state index >= 15 is 0 Å². The van der Waals surface area contributed by atoms with Crippen molar-refractivity contribution in [2.75, 3.05) is 7.05 Å². The van der Waals surface area contributed by atoms with Crippen LogP contribution in [0, 0.1) is 5.82 Å². The summed E-state index contributed by atoms with van der Waals surface area (Å²) in [4.78, 5) is 0. The zero-order chi connectivity index (χ0) is 11.3. The molecule has 0 saturated heterocycles. The Morgan fingerprint density at radius 1 is 1.47 bits per heavy atom. The molecule has 1 atom stereocenters. The van der Waals surface area contributed by atoms with Crippen molar-refractivity contribution < 1.29 is 4.39 Å². The van der Waals surface area contributed by atoms with Crippen LogP contribution in [0.25, 0.3) is 0 Å². The molecule has 1 rings (SSSR count). The molecule has 0 amide bonds. The van der Waals surface area contributed by atoms with E-state index in [0.717, 1.165) is 19.3 Å². The topological polar surface area (TPSA) is 12.0 Å². The predicted molar refractivity (Wildman–Crippen MR) is 62.7 cm³/mol. The van der Waals surface area contributed by atoms with Gasteiger partial charge in [-0.15, -0.1) is 0 Å². The van der Waals surface area contributed by atoms with E-state index in [1.807, 2.05) is 7.05 Å². The minimum absolute atomic E-state index is 0.0589. The van der Waals surface area contributed by atoms with Gasteiger partial charge in [0.1, 0.15) is 5.82 Å². The highest BCUT2D eigenvalue weighted by Crippen LogP contribution is 2.26. The van der Waals surface area contributed by atoms with Crippen LogP contribution in [0.1, 0.15) is 37.8 Å². The second kappa shape index (κ2) is 6.09. The van der Waals surface area contributed by atoms with Gasteiger partial charge in [-0.25, -0.2) is 4.39 Å². The van der Waals surface area contributed by atoms with Crippen molar-refractivity contribution in [3.05, 3.63) is 34.6 Å². The van der Waals surface area contributed by atoms with Crippen LogP contribution in [-0.2, 0) is 0 Å². The standard InChI is InChI=1S/C12H17ClFN/c1-3-4-8-11(15-2)9-6-5-7-10(13)12(9)14/h5-7,11,15H,3-4,8H2,1-2H3. The zero-order valence-electron chi connectivity index (χ0n) is 9.19. The summed E-state index contributed by atoms with van der Waals surface area (Å²) in [6.07, 6.45) is 3.13. The Bertz CT molecular complexity index is 314. The molecule has 0 bridgehead atoms. The van der Waals surface area contributed by atoms with E-state index in [0.29, 0.717) is 5.56 Å². The van der Waals surface area contributed by atoms with Gasteiger partial charge in [0.25, 0.3) is 0 Å². The number of rotatable bonds is 5. The normalized spacial score (nSPS) is 12.8. The lowest BCUT2D eigenvalue weighted by Crippen LogP contribution is -2.17. The number of hydrogen-bond donors (Lipinski definition) is 1. The molecule has 0 heterocycles. The van der Waals surface area contributed by atoms with Crippen LogP contribution in [0.4, 0.5) is 4.39 Å². The molecule has 3 heteroatoms. The molecule has 1 unspecified atom stereocenters. The van der Waals surface area contributed by atoms with Crippen LogP contribution < -0.4 is 5.32 Å². The molecule has 0 aromatic heterocycles. The van der Waals surface area contributed by atoms with Crippen LogP contribution in [0.5, 0.6) is 0 Å². The second-order valence-corrected chi connectivity index (χ2v) is 4.03. The zero-order valence-corrected chi connectivity index (χ0v) is 9.94. The third kappa shape index (κ3) is 3.18. The quantitative estimate of drug-likeness (QED) is 0.807. The van der Waals surface area contributed by atoms with Crippen LogP contribution >= 0.6 is 11.6 Å². The van der Waals surface area contributed by atoms with Crippen molar-refractivity contribution >= 4 is 11.6 Å². The summed E-state index contributed by atoms with van der Waals surface area (Å²) < 4.78 is 13.7. The van der Waals surface area contributed by atoms with E-state index in [9.17, 15) is 4.39 Å². The van der Waals surface area contributed by atoms with Gasteiger partial charge in [-0.05, 0) is 19.5 Å². The van der Waals surface area contributed by atoms with Crippen molar-refractivity contribution in [2.24, 2.45) is 0 Å². The Morgan fingerprint density at radius 2 is 2.20 bits per heavy atom. The van der Waals surface area contributed by atoms with Gasteiger partial charge in [0.15, 0.2) is 0 Å². The van der Waals surface area contributed by atoms with E-state index in [4.69, 9.17) is 11.6 Å². The molecule has 0 saturated carbocycles. The van der Waals surface area contributed by atoms with E-state index in [2.05, 4.69) is 12.2 Å². The fourth-order valence-electron chi connectivity index (χ4n) is 1.65. The summed E-state index contributed by atoms with van der Waals surface area (Å²) in [5, 5.41) is 3.32. The predicted octanol–water partition coefficient (Wildman–Crippen LogP) is 3.93. The van der Waals surface area contributed by atoms with Crippen molar-refractivity contribution in [1.82, 2.24) is 5.32 Å². The third-order valence-corrected chi connectivity index (χ3v) is 2.84. The Morgan fingerprint density at radius 3 is 2.80 bits per heavy atom. The smallest absolute Gasteiger partial charge is 0.146 e. The summed E-state index contributed by atoms with van der Waals surface area (Å²) in [5.41, 5.74) is 0.665. The number of unbranched alkanes of at least 4 members (excludes halogenated alkanes) is 1. The van der Waals surface area contributed by atoms with Crippen molar-refractivity contribution in [1.29, 1.82) is 0 Å². The fraction of sp³-hybridized carbons (Fsp3) is 0.500. The lowest BCUT2D eigenvalue weighted by atomic mass is 10.0. The molecule has 1 N–H and O–H groups in total. The first kappa shape index (κ1) is 12.5. The Kier molecular flexibility index (Phi) is 5.06. The molecule has 0 aliphatic carbocycles. The van der Waals surface area contributed by atoms with Crippen molar-refractivity contribution in [2.45, 2.75) is 32.2 Å². The van der Waals surface area contributed by atoms with Gasteiger partial charge >= 0.3 is 0 Å². The van der Waals surface area contributed by atoms with Gasteiger partial charge in [-0.1, -0.05) is 43.5 Å². The summed E-state index contributed by atoms with van der Waals surface area (Å²) in [6.45, 7) is 2.13. The largest absolute Gasteiger partial charge is 0.313 e. The fourth-order valence-corrected chi connectivity index (χ4v) is 1.84. The van der Waals surface area contributed by atoms with E-state index in [1.54, 1.807) is 18.2 Å². The molecule has 0 aliphatic rings. The van der Waals surface area contributed by atoms with Gasteiger partial charge in [-0.2, -0.15) is 0 Å². The molecule has 84 valence electrons. The molecule has 15 heavy (non-hydrogen) atoms. The maximum Gasteiger partial charge on any atom is 0.146 e. The van der Waals surface area contributed by atoms with Crippen molar-refractivity contribution in [3.63, 3.8) is 0 Å². The molecule has 1 aromatic carbocycles. The van der Waals surface area contributed by atoms with Crippen LogP contribution in [0.3, 0.4) is 0 Å². The number of halogens is 2. The van der Waals surface area contributed by atoms with Gasteiger partial charge < -0.3 is 5.32 Å². The number of benzene rings is 1. The maximum absolute atomic E-state index is 13.7. The average Bonchev–Trinajstić information content (AvgIpc) is 2.25. The first-order valence-electron chi connectivity index (χ1n) is 5.31. The highest BCUT2D eigenvalue weighted by Gasteiger charge is 2.14.